The lowest BCUT2D eigenvalue weighted by atomic mass is 9.99. The maximum Gasteiger partial charge on any atom is 0.303 e. The average molecular weight is 322 g/mol. The van der Waals surface area contributed by atoms with Crippen LogP contribution in [0, 0.1) is 5.92 Å². The van der Waals surface area contributed by atoms with Crippen molar-refractivity contribution < 1.29 is 9.90 Å². The number of hydrogen-bond donors (Lipinski definition) is 2. The van der Waals surface area contributed by atoms with Crippen LogP contribution >= 0.6 is 0 Å². The maximum absolute atomic E-state index is 10.6. The average Bonchev–Trinajstić information content (AvgIpc) is 3.02. The third-order valence-corrected chi connectivity index (χ3v) is 4.63. The molecule has 0 heterocycles. The summed E-state index contributed by atoms with van der Waals surface area (Å²) in [6.45, 7) is 0.883. The Balaban J connectivity index is 1.97. The van der Waals surface area contributed by atoms with Gasteiger partial charge in [0.15, 0.2) is 0 Å². The van der Waals surface area contributed by atoms with Gasteiger partial charge in [0, 0.05) is 13.0 Å². The first-order valence-electron chi connectivity index (χ1n) is 9.43. The summed E-state index contributed by atoms with van der Waals surface area (Å²) < 4.78 is 0. The minimum Gasteiger partial charge on any atom is -0.481 e. The van der Waals surface area contributed by atoms with Gasteiger partial charge in [0.05, 0.1) is 0 Å². The molecule has 0 bridgehead atoms. The number of allylic oxidation sites excluding steroid dienone is 3. The second kappa shape index (κ2) is 13.4. The number of rotatable bonds is 14. The lowest BCUT2D eigenvalue weighted by Gasteiger charge is -2.08. The molecule has 1 aliphatic rings. The molecule has 0 spiro atoms. The van der Waals surface area contributed by atoms with Crippen molar-refractivity contribution in [2.24, 2.45) is 5.92 Å². The molecular weight excluding hydrogens is 286 g/mol. The van der Waals surface area contributed by atoms with E-state index < -0.39 is 5.97 Å². The monoisotopic (exact) mass is 321 g/mol. The SMILES string of the molecule is CNCC(=CCCC(=O)O)CCCCCCCCC1C=CCC1. The number of aliphatic carboxylic acids is 1. The van der Waals surface area contributed by atoms with Crippen molar-refractivity contribution in [3.05, 3.63) is 23.8 Å². The van der Waals surface area contributed by atoms with Crippen LogP contribution in [0.2, 0.25) is 0 Å². The molecule has 0 aromatic rings. The van der Waals surface area contributed by atoms with Crippen molar-refractivity contribution >= 4 is 5.97 Å². The fraction of sp³-hybridized carbons (Fsp3) is 0.750. The molecule has 0 saturated carbocycles. The van der Waals surface area contributed by atoms with Crippen molar-refractivity contribution in [3.8, 4) is 0 Å². The largest absolute Gasteiger partial charge is 0.481 e. The second-order valence-corrected chi connectivity index (χ2v) is 6.75. The molecule has 0 aromatic heterocycles. The fourth-order valence-electron chi connectivity index (χ4n) is 3.29. The predicted octanol–water partition coefficient (Wildman–Crippen LogP) is 5.08. The Morgan fingerprint density at radius 3 is 2.57 bits per heavy atom. The Kier molecular flexibility index (Phi) is 11.6. The van der Waals surface area contributed by atoms with Gasteiger partial charge in [-0.3, -0.25) is 4.79 Å². The smallest absolute Gasteiger partial charge is 0.303 e. The zero-order valence-electron chi connectivity index (χ0n) is 14.9. The van der Waals surface area contributed by atoms with Gasteiger partial charge >= 0.3 is 5.97 Å². The highest BCUT2D eigenvalue weighted by molar-refractivity contribution is 5.66. The van der Waals surface area contributed by atoms with Crippen LogP contribution in [0.4, 0.5) is 0 Å². The predicted molar refractivity (Wildman–Crippen MR) is 97.7 cm³/mol. The number of carbonyl (C=O) groups is 1. The third kappa shape index (κ3) is 11.1. The third-order valence-electron chi connectivity index (χ3n) is 4.63. The topological polar surface area (TPSA) is 49.3 Å². The zero-order valence-corrected chi connectivity index (χ0v) is 14.9. The normalized spacial score (nSPS) is 17.8. The van der Waals surface area contributed by atoms with E-state index >= 15 is 0 Å². The number of carboxylic acids is 1. The lowest BCUT2D eigenvalue weighted by molar-refractivity contribution is -0.136. The van der Waals surface area contributed by atoms with Crippen LogP contribution in [-0.4, -0.2) is 24.7 Å². The van der Waals surface area contributed by atoms with Gasteiger partial charge in [-0.1, -0.05) is 55.9 Å². The van der Waals surface area contributed by atoms with Crippen molar-refractivity contribution in [1.82, 2.24) is 5.32 Å². The molecule has 2 N–H and O–H groups in total. The molecule has 0 aliphatic heterocycles. The van der Waals surface area contributed by atoms with Gasteiger partial charge in [-0.25, -0.2) is 0 Å². The van der Waals surface area contributed by atoms with Crippen LogP contribution in [-0.2, 0) is 4.79 Å². The molecule has 132 valence electrons. The number of hydrogen-bond acceptors (Lipinski definition) is 2. The fourth-order valence-corrected chi connectivity index (χ4v) is 3.29. The van der Waals surface area contributed by atoms with E-state index in [-0.39, 0.29) is 6.42 Å². The van der Waals surface area contributed by atoms with Gasteiger partial charge in [0.2, 0.25) is 0 Å². The molecular formula is C20H35NO2. The van der Waals surface area contributed by atoms with Crippen molar-refractivity contribution in [2.75, 3.05) is 13.6 Å². The Morgan fingerprint density at radius 2 is 1.91 bits per heavy atom. The summed E-state index contributed by atoms with van der Waals surface area (Å²) in [6.07, 6.45) is 20.9. The summed E-state index contributed by atoms with van der Waals surface area (Å²) in [4.78, 5) is 10.6. The van der Waals surface area contributed by atoms with Crippen molar-refractivity contribution in [2.45, 2.75) is 77.0 Å². The Bertz CT molecular complexity index is 374. The maximum atomic E-state index is 10.6. The van der Waals surface area contributed by atoms with Crippen LogP contribution in [0.15, 0.2) is 23.8 Å². The Hall–Kier alpha value is -1.09. The van der Waals surface area contributed by atoms with Crippen molar-refractivity contribution in [3.63, 3.8) is 0 Å². The Labute approximate surface area is 142 Å². The van der Waals surface area contributed by atoms with Gasteiger partial charge in [0.1, 0.15) is 0 Å². The number of unbranched alkanes of at least 4 members (excludes halogenated alkanes) is 5. The van der Waals surface area contributed by atoms with E-state index in [0.717, 1.165) is 18.9 Å². The highest BCUT2D eigenvalue weighted by Crippen LogP contribution is 2.23. The first-order chi connectivity index (χ1) is 11.2. The Morgan fingerprint density at radius 1 is 1.17 bits per heavy atom. The summed E-state index contributed by atoms with van der Waals surface area (Å²) in [5, 5.41) is 11.9. The summed E-state index contributed by atoms with van der Waals surface area (Å²) in [5.41, 5.74) is 1.36. The summed E-state index contributed by atoms with van der Waals surface area (Å²) in [7, 11) is 1.95. The lowest BCUT2D eigenvalue weighted by Crippen LogP contribution is -2.10. The molecule has 1 rings (SSSR count). The summed E-state index contributed by atoms with van der Waals surface area (Å²) in [5.74, 6) is 0.160. The van der Waals surface area contributed by atoms with E-state index in [9.17, 15) is 4.79 Å². The van der Waals surface area contributed by atoms with Crippen LogP contribution in [0.25, 0.3) is 0 Å². The van der Waals surface area contributed by atoms with Gasteiger partial charge < -0.3 is 10.4 Å². The quantitative estimate of drug-likeness (QED) is 0.346. The molecule has 1 atom stereocenters. The van der Waals surface area contributed by atoms with E-state index in [4.69, 9.17) is 5.11 Å². The van der Waals surface area contributed by atoms with E-state index in [1.807, 2.05) is 7.05 Å². The van der Waals surface area contributed by atoms with Crippen LogP contribution in [0.1, 0.15) is 77.0 Å². The van der Waals surface area contributed by atoms with E-state index in [2.05, 4.69) is 23.5 Å². The molecule has 0 saturated heterocycles. The first kappa shape index (κ1) is 20.0. The summed E-state index contributed by atoms with van der Waals surface area (Å²) in [6, 6.07) is 0. The van der Waals surface area contributed by atoms with Gasteiger partial charge in [-0.15, -0.1) is 0 Å². The standard InChI is InChI=1S/C20H35NO2/c1-21-17-19(15-10-16-20(22)23)14-7-5-3-2-4-6-11-18-12-8-9-13-18/h8,12,15,18,21H,2-7,9-11,13-14,16-17H2,1H3,(H,22,23). The van der Waals surface area contributed by atoms with Gasteiger partial charge in [0.25, 0.3) is 0 Å². The first-order valence-corrected chi connectivity index (χ1v) is 9.43. The molecule has 0 aromatic carbocycles. The molecule has 1 aliphatic carbocycles. The zero-order chi connectivity index (χ0) is 16.8. The summed E-state index contributed by atoms with van der Waals surface area (Å²) >= 11 is 0. The minimum atomic E-state index is -0.710. The molecule has 3 nitrogen and oxygen atoms in total. The molecule has 3 heteroatoms. The van der Waals surface area contributed by atoms with Crippen molar-refractivity contribution in [1.29, 1.82) is 0 Å². The molecule has 0 radical (unpaired) electrons. The molecule has 23 heavy (non-hydrogen) atoms. The molecule has 0 amide bonds. The van der Waals surface area contributed by atoms with Crippen LogP contribution in [0.5, 0.6) is 0 Å². The highest BCUT2D eigenvalue weighted by Gasteiger charge is 2.07. The molecule has 0 fully saturated rings. The second-order valence-electron chi connectivity index (χ2n) is 6.75. The van der Waals surface area contributed by atoms with E-state index in [1.54, 1.807) is 0 Å². The van der Waals surface area contributed by atoms with Gasteiger partial charge in [-0.05, 0) is 51.5 Å². The number of nitrogens with one attached hydrogen (secondary N) is 1. The van der Waals surface area contributed by atoms with Crippen LogP contribution in [0.3, 0.4) is 0 Å². The van der Waals surface area contributed by atoms with Crippen LogP contribution < -0.4 is 5.32 Å². The molecule has 1 unspecified atom stereocenters. The van der Waals surface area contributed by atoms with E-state index in [1.165, 1.54) is 63.4 Å². The number of carboxylic acid groups (broad SMARTS) is 1. The highest BCUT2D eigenvalue weighted by atomic mass is 16.4. The van der Waals surface area contributed by atoms with E-state index in [0.29, 0.717) is 6.42 Å². The van der Waals surface area contributed by atoms with Gasteiger partial charge in [-0.2, -0.15) is 0 Å². The number of likely N-dealkylation sites (N-methyl/N-ethyl adjacent to an activating group) is 1. The minimum absolute atomic E-state index is 0.239.